The van der Waals surface area contributed by atoms with E-state index in [1.165, 1.54) is 38.5 Å². The van der Waals surface area contributed by atoms with Gasteiger partial charge in [0.05, 0.1) is 26.2 Å². The summed E-state index contributed by atoms with van der Waals surface area (Å²) in [6.45, 7) is 2.53. The fourth-order valence-electron chi connectivity index (χ4n) is 5.08. The number of amidine groups is 2. The molecule has 0 bridgehead atoms. The van der Waals surface area contributed by atoms with Gasteiger partial charge in [-0.1, -0.05) is 87.8 Å². The Morgan fingerprint density at radius 3 is 1.27 bits per heavy atom. The predicted octanol–water partition coefficient (Wildman–Crippen LogP) is 7.49. The molecule has 0 fully saturated rings. The number of amides is 2. The molecule has 0 aliphatic carbocycles. The molecule has 0 spiro atoms. The number of para-hydroxylation sites is 2. The normalized spacial score (nSPS) is 14.7. The third-order valence-electron chi connectivity index (χ3n) is 7.25. The zero-order valence-electron chi connectivity index (χ0n) is 23.5. The Bertz CT molecular complexity index is 1030. The van der Waals surface area contributed by atoms with Crippen LogP contribution in [-0.2, 0) is 0 Å². The van der Waals surface area contributed by atoms with Crippen LogP contribution >= 0.6 is 0 Å². The van der Waals surface area contributed by atoms with Crippen LogP contribution in [0.4, 0.5) is 9.59 Å². The lowest BCUT2D eigenvalue weighted by atomic mass is 10.0. The molecule has 2 aromatic rings. The van der Waals surface area contributed by atoms with Gasteiger partial charge in [-0.25, -0.2) is 9.59 Å². The molecule has 2 aliphatic heterocycles. The van der Waals surface area contributed by atoms with Crippen LogP contribution in [0.3, 0.4) is 0 Å². The average Bonchev–Trinajstić information content (AvgIpc) is 3.65. The summed E-state index contributed by atoms with van der Waals surface area (Å²) in [6, 6.07) is 18.4. The summed E-state index contributed by atoms with van der Waals surface area (Å²) in [5, 5.41) is 0. The Morgan fingerprint density at radius 1 is 0.550 bits per heavy atom. The third-order valence-corrected chi connectivity index (χ3v) is 7.25. The highest BCUT2D eigenvalue weighted by atomic mass is 16.6. The molecule has 0 radical (unpaired) electrons. The number of benzene rings is 2. The highest BCUT2D eigenvalue weighted by Crippen LogP contribution is 2.18. The van der Waals surface area contributed by atoms with Crippen molar-refractivity contribution in [1.29, 1.82) is 0 Å². The van der Waals surface area contributed by atoms with Crippen molar-refractivity contribution in [2.75, 3.05) is 26.2 Å². The number of hydrogen-bond donors (Lipinski definition) is 0. The average molecular weight is 547 g/mol. The minimum absolute atomic E-state index is 0.332. The first kappa shape index (κ1) is 29.3. The first-order chi connectivity index (χ1) is 19.7. The molecular formula is C32H42N4O4. The van der Waals surface area contributed by atoms with Crippen molar-refractivity contribution in [2.24, 2.45) is 9.98 Å². The standard InChI is InChI=1S/C32H42N4O4/c37-31(39-27-17-11-9-12-18-27)35-25-23-33-29(35)21-15-7-5-3-1-2-4-6-8-16-22-30-34-24-26-36(30)32(38)40-28-19-13-10-14-20-28/h9-14,17-20H,1-8,15-16,21-26H2. The Morgan fingerprint density at radius 2 is 0.900 bits per heavy atom. The topological polar surface area (TPSA) is 83.8 Å². The van der Waals surface area contributed by atoms with Crippen LogP contribution in [0.5, 0.6) is 11.5 Å². The number of carbonyl (C=O) groups is 2. The van der Waals surface area contributed by atoms with Crippen LogP contribution in [0.25, 0.3) is 0 Å². The molecule has 2 amide bonds. The van der Waals surface area contributed by atoms with Crippen molar-refractivity contribution < 1.29 is 19.1 Å². The van der Waals surface area contributed by atoms with E-state index in [9.17, 15) is 9.59 Å². The van der Waals surface area contributed by atoms with Crippen molar-refractivity contribution in [3.8, 4) is 11.5 Å². The fourth-order valence-corrected chi connectivity index (χ4v) is 5.08. The summed E-state index contributed by atoms with van der Waals surface area (Å²) in [5.41, 5.74) is 0. The molecule has 2 heterocycles. The Labute approximate surface area is 238 Å². The summed E-state index contributed by atoms with van der Waals surface area (Å²) in [7, 11) is 0. The maximum atomic E-state index is 12.5. The van der Waals surface area contributed by atoms with Gasteiger partial charge in [0.2, 0.25) is 0 Å². The van der Waals surface area contributed by atoms with Gasteiger partial charge >= 0.3 is 12.2 Å². The molecule has 0 N–H and O–H groups in total. The second-order valence-corrected chi connectivity index (χ2v) is 10.3. The van der Waals surface area contributed by atoms with Crippen LogP contribution in [0.15, 0.2) is 70.6 Å². The minimum Gasteiger partial charge on any atom is -0.410 e. The summed E-state index contributed by atoms with van der Waals surface area (Å²) in [5.74, 6) is 2.85. The van der Waals surface area contributed by atoms with Gasteiger partial charge in [-0.05, 0) is 37.1 Å². The van der Waals surface area contributed by atoms with Crippen molar-refractivity contribution in [1.82, 2.24) is 9.80 Å². The maximum Gasteiger partial charge on any atom is 0.420 e. The number of aliphatic imine (C=N–C) groups is 2. The minimum atomic E-state index is -0.332. The highest BCUT2D eigenvalue weighted by molar-refractivity contribution is 5.98. The molecule has 2 aliphatic rings. The van der Waals surface area contributed by atoms with E-state index < -0.39 is 0 Å². The zero-order chi connectivity index (χ0) is 27.8. The van der Waals surface area contributed by atoms with Crippen molar-refractivity contribution >= 4 is 23.9 Å². The van der Waals surface area contributed by atoms with E-state index in [2.05, 4.69) is 9.98 Å². The molecule has 0 saturated heterocycles. The van der Waals surface area contributed by atoms with Gasteiger partial charge in [-0.15, -0.1) is 0 Å². The Hall–Kier alpha value is -3.68. The molecule has 8 nitrogen and oxygen atoms in total. The SMILES string of the molecule is O=C(Oc1ccccc1)N1CCN=C1CCCCCCCCCCCCC1=NCCN1C(=O)Oc1ccccc1. The first-order valence-corrected chi connectivity index (χ1v) is 14.9. The fraction of sp³-hybridized carbons (Fsp3) is 0.500. The molecule has 0 unspecified atom stereocenters. The van der Waals surface area contributed by atoms with Crippen LogP contribution in [0, 0.1) is 0 Å². The van der Waals surface area contributed by atoms with Crippen LogP contribution in [0.2, 0.25) is 0 Å². The van der Waals surface area contributed by atoms with E-state index >= 15 is 0 Å². The lowest BCUT2D eigenvalue weighted by molar-refractivity contribution is 0.177. The van der Waals surface area contributed by atoms with E-state index in [4.69, 9.17) is 9.47 Å². The first-order valence-electron chi connectivity index (χ1n) is 14.9. The maximum absolute atomic E-state index is 12.5. The molecule has 214 valence electrons. The summed E-state index contributed by atoms with van der Waals surface area (Å²) < 4.78 is 10.9. The molecule has 8 heteroatoms. The van der Waals surface area contributed by atoms with Gasteiger partial charge in [0.25, 0.3) is 0 Å². The van der Waals surface area contributed by atoms with Gasteiger partial charge in [-0.3, -0.25) is 19.8 Å². The highest BCUT2D eigenvalue weighted by Gasteiger charge is 2.26. The number of carbonyl (C=O) groups excluding carboxylic acids is 2. The molecular weight excluding hydrogens is 504 g/mol. The molecule has 2 aromatic carbocycles. The molecule has 4 rings (SSSR count). The van der Waals surface area contributed by atoms with E-state index in [1.54, 1.807) is 34.1 Å². The summed E-state index contributed by atoms with van der Waals surface area (Å²) in [4.78, 5) is 37.4. The number of ether oxygens (including phenoxy) is 2. The number of nitrogens with zero attached hydrogens (tertiary/aromatic N) is 4. The lowest BCUT2D eigenvalue weighted by Gasteiger charge is -2.18. The van der Waals surface area contributed by atoms with Gasteiger partial charge in [0.15, 0.2) is 0 Å². The largest absolute Gasteiger partial charge is 0.420 e. The zero-order valence-corrected chi connectivity index (χ0v) is 23.5. The van der Waals surface area contributed by atoms with Gasteiger partial charge in [0, 0.05) is 12.8 Å². The van der Waals surface area contributed by atoms with E-state index in [0.717, 1.165) is 50.2 Å². The van der Waals surface area contributed by atoms with Crippen molar-refractivity contribution in [3.63, 3.8) is 0 Å². The molecule has 0 saturated carbocycles. The smallest absolute Gasteiger partial charge is 0.410 e. The number of unbranched alkanes of at least 4 members (excludes halogenated alkanes) is 9. The summed E-state index contributed by atoms with van der Waals surface area (Å²) in [6.07, 6.45) is 12.9. The molecule has 0 aromatic heterocycles. The quantitative estimate of drug-likeness (QED) is 0.217. The Kier molecular flexibility index (Phi) is 12.0. The van der Waals surface area contributed by atoms with Crippen molar-refractivity contribution in [2.45, 2.75) is 77.0 Å². The third kappa shape index (κ3) is 9.50. The van der Waals surface area contributed by atoms with Crippen LogP contribution in [0.1, 0.15) is 77.0 Å². The lowest BCUT2D eigenvalue weighted by Crippen LogP contribution is -2.36. The van der Waals surface area contributed by atoms with Crippen LogP contribution < -0.4 is 9.47 Å². The van der Waals surface area contributed by atoms with Gasteiger partial charge in [-0.2, -0.15) is 0 Å². The van der Waals surface area contributed by atoms with E-state index in [1.807, 2.05) is 36.4 Å². The second kappa shape index (κ2) is 16.4. The van der Waals surface area contributed by atoms with Gasteiger partial charge in [0.1, 0.15) is 23.2 Å². The summed E-state index contributed by atoms with van der Waals surface area (Å²) >= 11 is 0. The monoisotopic (exact) mass is 546 g/mol. The predicted molar refractivity (Wildman–Crippen MR) is 158 cm³/mol. The van der Waals surface area contributed by atoms with Gasteiger partial charge < -0.3 is 9.47 Å². The second-order valence-electron chi connectivity index (χ2n) is 10.3. The number of rotatable bonds is 15. The van der Waals surface area contributed by atoms with Crippen molar-refractivity contribution in [3.05, 3.63) is 60.7 Å². The molecule has 0 atom stereocenters. The molecule has 40 heavy (non-hydrogen) atoms. The van der Waals surface area contributed by atoms with E-state index in [-0.39, 0.29) is 12.2 Å². The Balaban J connectivity index is 0.977. The number of hydrogen-bond acceptors (Lipinski definition) is 6. The van der Waals surface area contributed by atoms with E-state index in [0.29, 0.717) is 37.7 Å². The van der Waals surface area contributed by atoms with Crippen LogP contribution in [-0.4, -0.2) is 59.8 Å².